The number of hydrogen-bond acceptors (Lipinski definition) is 8. The molecule has 4 aliphatic rings. The second-order valence-electron chi connectivity index (χ2n) is 13.0. The van der Waals surface area contributed by atoms with Gasteiger partial charge in [0, 0.05) is 35.8 Å². The number of aliphatic carboxylic acids is 1. The van der Waals surface area contributed by atoms with E-state index in [1.165, 1.54) is 16.2 Å². The number of carboxylic acids is 1. The van der Waals surface area contributed by atoms with Gasteiger partial charge in [0.15, 0.2) is 0 Å². The first-order valence-electron chi connectivity index (χ1n) is 14.4. The van der Waals surface area contributed by atoms with Crippen LogP contribution in [0.3, 0.4) is 0 Å². The average molecular weight is 670 g/mol. The Balaban J connectivity index is 0.000000480. The quantitative estimate of drug-likeness (QED) is 0.236. The molecule has 5 heterocycles. The van der Waals surface area contributed by atoms with Crippen molar-refractivity contribution in [1.82, 2.24) is 20.2 Å². The molecule has 0 bridgehead atoms. The minimum absolute atomic E-state index is 0.138. The predicted octanol–water partition coefficient (Wildman–Crippen LogP) is 5.62. The van der Waals surface area contributed by atoms with Gasteiger partial charge in [0.05, 0.1) is 40.0 Å². The summed E-state index contributed by atoms with van der Waals surface area (Å²) in [5.74, 6) is -3.59. The molecule has 0 radical (unpaired) electrons. The third-order valence-electron chi connectivity index (χ3n) is 9.38. The van der Waals surface area contributed by atoms with Gasteiger partial charge < -0.3 is 15.7 Å². The first-order chi connectivity index (χ1) is 21.3. The number of anilines is 1. The molecule has 16 heteroatoms. The van der Waals surface area contributed by atoms with Crippen LogP contribution < -0.4 is 10.6 Å². The number of fused-ring (bicyclic) bond motifs is 2. The van der Waals surface area contributed by atoms with Crippen molar-refractivity contribution in [3.63, 3.8) is 0 Å². The van der Waals surface area contributed by atoms with Gasteiger partial charge in [0.2, 0.25) is 11.8 Å². The lowest BCUT2D eigenvalue weighted by Gasteiger charge is -2.54. The lowest BCUT2D eigenvalue weighted by atomic mass is 9.61. The van der Waals surface area contributed by atoms with Crippen LogP contribution in [-0.4, -0.2) is 63.1 Å². The summed E-state index contributed by atoms with van der Waals surface area (Å²) in [6.07, 6.45) is -6.18. The third-order valence-corrected chi connectivity index (χ3v) is 10.5. The summed E-state index contributed by atoms with van der Waals surface area (Å²) in [5.41, 5.74) is 1.56. The Hall–Kier alpha value is -3.79. The van der Waals surface area contributed by atoms with Crippen molar-refractivity contribution in [3.05, 3.63) is 40.5 Å². The molecular weight excluding hydrogens is 640 g/mol. The maximum atomic E-state index is 13.8. The maximum absolute atomic E-state index is 13.8. The van der Waals surface area contributed by atoms with Crippen molar-refractivity contribution in [2.45, 2.75) is 58.6 Å². The molecule has 9 nitrogen and oxygen atoms in total. The van der Waals surface area contributed by atoms with E-state index in [1.54, 1.807) is 19.2 Å². The number of amides is 2. The Bertz CT molecular complexity index is 1730. The van der Waals surface area contributed by atoms with Crippen LogP contribution in [-0.2, 0) is 27.1 Å². The SMILES string of the molecule is Cc1cc(C(F)(F)F)nc(-c2ccnc3cc(CN4C(=O)C5C(C4=O)C5(C)C)sc23)c1NC1CC2(CNC2)C1.O=C(O)C(F)(F)F. The number of pyridine rings is 2. The molecule has 2 saturated carbocycles. The van der Waals surface area contributed by atoms with Crippen LogP contribution in [0.25, 0.3) is 21.5 Å². The highest BCUT2D eigenvalue weighted by Crippen LogP contribution is 2.63. The average Bonchev–Trinajstić information content (AvgIpc) is 3.14. The molecule has 7 rings (SSSR count). The summed E-state index contributed by atoms with van der Waals surface area (Å²) < 4.78 is 73.9. The minimum atomic E-state index is -5.08. The molecule has 3 N–H and O–H groups in total. The van der Waals surface area contributed by atoms with Crippen LogP contribution >= 0.6 is 11.3 Å². The van der Waals surface area contributed by atoms with E-state index in [9.17, 15) is 35.9 Å². The van der Waals surface area contributed by atoms with Gasteiger partial charge in [-0.1, -0.05) is 13.8 Å². The number of nitrogens with zero attached hydrogens (tertiary/aromatic N) is 3. The molecule has 1 spiro atoms. The van der Waals surface area contributed by atoms with Crippen molar-refractivity contribution < 1.29 is 45.8 Å². The van der Waals surface area contributed by atoms with E-state index in [4.69, 9.17) is 9.90 Å². The summed E-state index contributed by atoms with van der Waals surface area (Å²) in [4.78, 5) is 45.3. The van der Waals surface area contributed by atoms with Gasteiger partial charge in [-0.05, 0) is 54.4 Å². The van der Waals surface area contributed by atoms with E-state index in [2.05, 4.69) is 20.6 Å². The Morgan fingerprint density at radius 1 is 1.11 bits per heavy atom. The van der Waals surface area contributed by atoms with E-state index in [-0.39, 0.29) is 47.3 Å². The topological polar surface area (TPSA) is 125 Å². The van der Waals surface area contributed by atoms with Crippen LogP contribution in [0.15, 0.2) is 24.4 Å². The summed E-state index contributed by atoms with van der Waals surface area (Å²) in [6.45, 7) is 7.65. The second-order valence-corrected chi connectivity index (χ2v) is 14.2. The number of aryl methyl sites for hydroxylation is 1. The molecule has 2 unspecified atom stereocenters. The fraction of sp³-hybridized carbons (Fsp3) is 0.500. The monoisotopic (exact) mass is 669 g/mol. The first kappa shape index (κ1) is 32.2. The molecule has 4 fully saturated rings. The van der Waals surface area contributed by atoms with Crippen molar-refractivity contribution in [3.8, 4) is 11.3 Å². The second kappa shape index (κ2) is 10.6. The summed E-state index contributed by atoms with van der Waals surface area (Å²) in [7, 11) is 0. The molecule has 2 atom stereocenters. The number of halogens is 6. The van der Waals surface area contributed by atoms with Crippen LogP contribution in [0.5, 0.6) is 0 Å². The van der Waals surface area contributed by atoms with Gasteiger partial charge in [-0.15, -0.1) is 11.3 Å². The molecular formula is C30H29F6N5O4S. The Morgan fingerprint density at radius 2 is 1.72 bits per heavy atom. The Morgan fingerprint density at radius 3 is 2.24 bits per heavy atom. The number of aromatic nitrogens is 2. The van der Waals surface area contributed by atoms with Crippen molar-refractivity contribution in [2.75, 3.05) is 18.4 Å². The number of carbonyl (C=O) groups excluding carboxylic acids is 2. The number of carbonyl (C=O) groups is 3. The van der Waals surface area contributed by atoms with Crippen molar-refractivity contribution in [1.29, 1.82) is 0 Å². The van der Waals surface area contributed by atoms with Gasteiger partial charge in [-0.2, -0.15) is 26.3 Å². The van der Waals surface area contributed by atoms with Gasteiger partial charge in [-0.25, -0.2) is 9.78 Å². The number of alkyl halides is 6. The maximum Gasteiger partial charge on any atom is 0.490 e. The first-order valence-corrected chi connectivity index (χ1v) is 15.2. The van der Waals surface area contributed by atoms with E-state index in [0.717, 1.165) is 36.9 Å². The van der Waals surface area contributed by atoms with Crippen molar-refractivity contribution in [2.24, 2.45) is 22.7 Å². The van der Waals surface area contributed by atoms with Crippen LogP contribution in [0, 0.1) is 29.6 Å². The third kappa shape index (κ3) is 5.48. The highest BCUT2D eigenvalue weighted by atomic mass is 32.1. The van der Waals surface area contributed by atoms with E-state index in [1.807, 2.05) is 19.9 Å². The lowest BCUT2D eigenvalue weighted by molar-refractivity contribution is -0.192. The molecule has 2 aliphatic heterocycles. The number of carboxylic acid groups (broad SMARTS) is 1. The summed E-state index contributed by atoms with van der Waals surface area (Å²) in [5, 5.41) is 13.9. The smallest absolute Gasteiger partial charge is 0.475 e. The molecule has 46 heavy (non-hydrogen) atoms. The molecule has 246 valence electrons. The standard InChI is InChI=1S/C28H28F3N5O2S.C2HF3O2/c1-13-6-18(28(29,30)31)35-22(21(13)34-14-8-27(9-14)11-32-12-27)16-4-5-33-17-7-15(39-23(16)17)10-36-24(37)19-20(25(36)38)26(19,2)3;3-2(4,5)1(6)7/h4-7,14,19-20,32,34H,8-12H2,1-3H3;(H,6,7). The number of hydrogen-bond donors (Lipinski definition) is 3. The largest absolute Gasteiger partial charge is 0.490 e. The number of piperidine rings is 1. The van der Waals surface area contributed by atoms with E-state index in [0.29, 0.717) is 32.4 Å². The molecule has 2 saturated heterocycles. The fourth-order valence-corrected chi connectivity index (χ4v) is 7.94. The Labute approximate surface area is 262 Å². The number of rotatable bonds is 5. The zero-order valence-electron chi connectivity index (χ0n) is 24.8. The van der Waals surface area contributed by atoms with Crippen LogP contribution in [0.2, 0.25) is 0 Å². The molecule has 2 amide bonds. The van der Waals surface area contributed by atoms with E-state index >= 15 is 0 Å². The number of thiophene rings is 1. The number of imide groups is 1. The molecule has 0 aromatic carbocycles. The minimum Gasteiger partial charge on any atom is -0.475 e. The van der Waals surface area contributed by atoms with Crippen LogP contribution in [0.1, 0.15) is 42.8 Å². The Kier molecular flexibility index (Phi) is 7.43. The molecule has 3 aromatic rings. The van der Waals surface area contributed by atoms with Gasteiger partial charge in [0.25, 0.3) is 0 Å². The van der Waals surface area contributed by atoms with Gasteiger partial charge in [-0.3, -0.25) is 19.5 Å². The highest BCUT2D eigenvalue weighted by Gasteiger charge is 2.72. The fourth-order valence-electron chi connectivity index (χ4n) is 6.82. The zero-order valence-corrected chi connectivity index (χ0v) is 25.6. The van der Waals surface area contributed by atoms with E-state index < -0.39 is 24.0 Å². The lowest BCUT2D eigenvalue weighted by Crippen LogP contribution is -2.63. The normalized spacial score (nSPS) is 24.2. The highest BCUT2D eigenvalue weighted by molar-refractivity contribution is 7.19. The molecule has 3 aromatic heterocycles. The zero-order chi connectivity index (χ0) is 33.6. The van der Waals surface area contributed by atoms with Gasteiger partial charge >= 0.3 is 18.3 Å². The predicted molar refractivity (Wildman–Crippen MR) is 155 cm³/mol. The van der Waals surface area contributed by atoms with Crippen LogP contribution in [0.4, 0.5) is 32.0 Å². The van der Waals surface area contributed by atoms with Crippen molar-refractivity contribution >= 4 is 45.0 Å². The van der Waals surface area contributed by atoms with Gasteiger partial charge in [0.1, 0.15) is 5.69 Å². The number of nitrogens with one attached hydrogen (secondary N) is 2. The molecule has 2 aliphatic carbocycles. The number of likely N-dealkylation sites (tertiary alicyclic amines) is 1. The summed E-state index contributed by atoms with van der Waals surface area (Å²) >= 11 is 1.34. The summed E-state index contributed by atoms with van der Waals surface area (Å²) in [6, 6.07) is 4.77.